The molecular weight excluding hydrogens is 455 g/mol. The molecule has 3 heterocycles. The molecule has 1 N–H and O–H groups in total. The minimum absolute atomic E-state index is 0.206. The second kappa shape index (κ2) is 9.32. The molecule has 2 aromatic carbocycles. The molecule has 0 radical (unpaired) electrons. The number of aromatic nitrogens is 3. The Morgan fingerprint density at radius 2 is 1.85 bits per heavy atom. The van der Waals surface area contributed by atoms with Crippen molar-refractivity contribution in [2.45, 2.75) is 13.5 Å². The van der Waals surface area contributed by atoms with Gasteiger partial charge in [0.2, 0.25) is 4.96 Å². The molecule has 34 heavy (non-hydrogen) atoms. The molecule has 0 unspecified atom stereocenters. The number of fused-ring (bicyclic) bond motifs is 1. The van der Waals surface area contributed by atoms with E-state index in [1.54, 1.807) is 17.0 Å². The van der Waals surface area contributed by atoms with Gasteiger partial charge in [0.05, 0.1) is 5.69 Å². The highest BCUT2D eigenvalue weighted by Gasteiger charge is 2.22. The topological polar surface area (TPSA) is 82.8 Å². The van der Waals surface area contributed by atoms with Crippen LogP contribution in [0.1, 0.15) is 11.3 Å². The summed E-state index contributed by atoms with van der Waals surface area (Å²) < 4.78 is 14.7. The number of aryl methyl sites for hydroxylation is 1. The Labute approximate surface area is 199 Å². The van der Waals surface area contributed by atoms with Gasteiger partial charge in [-0.3, -0.25) is 9.69 Å². The molecule has 8 nitrogen and oxygen atoms in total. The molecule has 1 saturated heterocycles. The Kier molecular flexibility index (Phi) is 6.08. The van der Waals surface area contributed by atoms with E-state index < -0.39 is 5.82 Å². The average Bonchev–Trinajstić information content (AvgIpc) is 3.25. The number of piperazine rings is 1. The second-order valence-electron chi connectivity index (χ2n) is 8.26. The molecule has 2 aromatic heterocycles. The zero-order valence-corrected chi connectivity index (χ0v) is 19.4. The lowest BCUT2D eigenvalue weighted by Crippen LogP contribution is -2.49. The summed E-state index contributed by atoms with van der Waals surface area (Å²) in [5.74, 6) is -0.394. The quantitative estimate of drug-likeness (QED) is 0.485. The monoisotopic (exact) mass is 478 g/mol. The molecule has 0 spiro atoms. The van der Waals surface area contributed by atoms with Crippen LogP contribution in [0.15, 0.2) is 59.4 Å². The van der Waals surface area contributed by atoms with Crippen molar-refractivity contribution >= 4 is 28.0 Å². The van der Waals surface area contributed by atoms with Gasteiger partial charge < -0.3 is 10.2 Å². The van der Waals surface area contributed by atoms with E-state index in [4.69, 9.17) is 0 Å². The lowest BCUT2D eigenvalue weighted by atomic mass is 10.2. The van der Waals surface area contributed by atoms with Gasteiger partial charge in [-0.15, -0.1) is 0 Å². The van der Waals surface area contributed by atoms with Crippen molar-refractivity contribution < 1.29 is 9.18 Å². The fourth-order valence-corrected chi connectivity index (χ4v) is 4.79. The van der Waals surface area contributed by atoms with Gasteiger partial charge in [0.1, 0.15) is 10.8 Å². The van der Waals surface area contributed by atoms with Gasteiger partial charge >= 0.3 is 6.03 Å². The van der Waals surface area contributed by atoms with Crippen LogP contribution in [0.2, 0.25) is 0 Å². The third-order valence-corrected chi connectivity index (χ3v) is 6.68. The number of nitrogens with one attached hydrogen (secondary N) is 1. The number of rotatable bonds is 4. The fourth-order valence-electron chi connectivity index (χ4n) is 3.86. The molecule has 0 saturated carbocycles. The van der Waals surface area contributed by atoms with Gasteiger partial charge in [-0.1, -0.05) is 47.2 Å². The fraction of sp³-hybridized carbons (Fsp3) is 0.250. The van der Waals surface area contributed by atoms with Gasteiger partial charge in [-0.2, -0.15) is 9.61 Å². The zero-order valence-electron chi connectivity index (χ0n) is 18.6. The van der Waals surface area contributed by atoms with E-state index in [2.05, 4.69) is 20.3 Å². The first-order valence-corrected chi connectivity index (χ1v) is 11.8. The highest BCUT2D eigenvalue weighted by molar-refractivity contribution is 7.19. The van der Waals surface area contributed by atoms with Crippen molar-refractivity contribution in [2.24, 2.45) is 0 Å². The van der Waals surface area contributed by atoms with E-state index in [9.17, 15) is 14.0 Å². The largest absolute Gasteiger partial charge is 0.322 e. The summed E-state index contributed by atoms with van der Waals surface area (Å²) in [5, 5.41) is 7.92. The number of amides is 2. The van der Waals surface area contributed by atoms with Crippen LogP contribution in [0.4, 0.5) is 14.9 Å². The molecule has 5 rings (SSSR count). The van der Waals surface area contributed by atoms with Gasteiger partial charge in [-0.25, -0.2) is 14.2 Å². The lowest BCUT2D eigenvalue weighted by molar-refractivity contribution is 0.142. The van der Waals surface area contributed by atoms with Crippen LogP contribution in [0.25, 0.3) is 15.5 Å². The molecule has 0 bridgehead atoms. The van der Waals surface area contributed by atoms with Crippen molar-refractivity contribution in [3.8, 4) is 10.6 Å². The van der Waals surface area contributed by atoms with E-state index in [-0.39, 0.29) is 11.6 Å². The van der Waals surface area contributed by atoms with Crippen LogP contribution in [-0.2, 0) is 6.54 Å². The summed E-state index contributed by atoms with van der Waals surface area (Å²) in [6.07, 6.45) is 0. The standard InChI is InChI=1S/C24H23FN6O2S/c1-16-5-7-17(8-6-16)22-28-31-21(32)14-20(27-24(31)34-22)15-29-9-11-30(12-10-29)23(33)26-19-4-2-3-18(25)13-19/h2-8,13-14H,9-12,15H2,1H3,(H,26,33). The van der Waals surface area contributed by atoms with Gasteiger partial charge in [-0.05, 0) is 25.1 Å². The zero-order chi connectivity index (χ0) is 23.7. The molecule has 174 valence electrons. The number of nitrogens with zero attached hydrogens (tertiary/aromatic N) is 5. The molecule has 1 aliphatic rings. The Bertz CT molecular complexity index is 1390. The number of benzene rings is 2. The molecule has 0 atom stereocenters. The maximum absolute atomic E-state index is 13.3. The first-order chi connectivity index (χ1) is 16.4. The van der Waals surface area contributed by atoms with E-state index in [0.29, 0.717) is 49.1 Å². The molecular formula is C24H23FN6O2S. The number of anilines is 1. The van der Waals surface area contributed by atoms with Crippen LogP contribution < -0.4 is 10.9 Å². The van der Waals surface area contributed by atoms with E-state index in [1.165, 1.54) is 34.1 Å². The summed E-state index contributed by atoms with van der Waals surface area (Å²) in [7, 11) is 0. The van der Waals surface area contributed by atoms with Crippen molar-refractivity contribution in [3.63, 3.8) is 0 Å². The SMILES string of the molecule is Cc1ccc(-c2nn3c(=O)cc(CN4CCN(C(=O)Nc5cccc(F)c5)CC4)nc3s2)cc1. The molecule has 2 amide bonds. The molecule has 0 aliphatic carbocycles. The summed E-state index contributed by atoms with van der Waals surface area (Å²) in [6, 6.07) is 15.1. The third kappa shape index (κ3) is 4.82. The van der Waals surface area contributed by atoms with Crippen LogP contribution >= 0.6 is 11.3 Å². The number of hydrogen-bond donors (Lipinski definition) is 1. The van der Waals surface area contributed by atoms with Crippen LogP contribution in [0.3, 0.4) is 0 Å². The van der Waals surface area contributed by atoms with E-state index >= 15 is 0 Å². The Morgan fingerprint density at radius 3 is 2.59 bits per heavy atom. The molecule has 1 fully saturated rings. The van der Waals surface area contributed by atoms with E-state index in [1.807, 2.05) is 31.2 Å². The number of carbonyl (C=O) groups excluding carboxylic acids is 1. The molecule has 10 heteroatoms. The summed E-state index contributed by atoms with van der Waals surface area (Å²) in [4.78, 5) is 34.2. The van der Waals surface area contributed by atoms with E-state index in [0.717, 1.165) is 16.1 Å². The van der Waals surface area contributed by atoms with Crippen LogP contribution in [0.5, 0.6) is 0 Å². The maximum atomic E-state index is 13.3. The van der Waals surface area contributed by atoms with Crippen LogP contribution in [0, 0.1) is 12.7 Å². The summed E-state index contributed by atoms with van der Waals surface area (Å²) in [6.45, 7) is 4.89. The normalized spacial score (nSPS) is 14.5. The average molecular weight is 479 g/mol. The minimum Gasteiger partial charge on any atom is -0.322 e. The Morgan fingerprint density at radius 1 is 1.09 bits per heavy atom. The third-order valence-electron chi connectivity index (χ3n) is 5.72. The number of halogens is 1. The van der Waals surface area contributed by atoms with Crippen molar-refractivity contribution in [1.82, 2.24) is 24.4 Å². The van der Waals surface area contributed by atoms with Crippen molar-refractivity contribution in [2.75, 3.05) is 31.5 Å². The first-order valence-electron chi connectivity index (χ1n) is 11.0. The Hall–Kier alpha value is -3.63. The summed E-state index contributed by atoms with van der Waals surface area (Å²) in [5.41, 5.74) is 3.02. The van der Waals surface area contributed by atoms with Crippen LogP contribution in [-0.4, -0.2) is 56.6 Å². The maximum Gasteiger partial charge on any atom is 0.321 e. The number of urea groups is 1. The number of hydrogen-bond acceptors (Lipinski definition) is 6. The number of carbonyl (C=O) groups is 1. The van der Waals surface area contributed by atoms with Gasteiger partial charge in [0.25, 0.3) is 5.56 Å². The smallest absolute Gasteiger partial charge is 0.321 e. The molecule has 4 aromatic rings. The van der Waals surface area contributed by atoms with Crippen molar-refractivity contribution in [3.05, 3.63) is 82.0 Å². The lowest BCUT2D eigenvalue weighted by Gasteiger charge is -2.34. The van der Waals surface area contributed by atoms with Crippen molar-refractivity contribution in [1.29, 1.82) is 0 Å². The minimum atomic E-state index is -0.394. The first kappa shape index (κ1) is 22.2. The Balaban J connectivity index is 1.23. The highest BCUT2D eigenvalue weighted by atomic mass is 32.1. The van der Waals surface area contributed by atoms with Gasteiger partial charge in [0, 0.05) is 50.0 Å². The molecule has 1 aliphatic heterocycles. The highest BCUT2D eigenvalue weighted by Crippen LogP contribution is 2.24. The predicted molar refractivity (Wildman–Crippen MR) is 130 cm³/mol. The van der Waals surface area contributed by atoms with Gasteiger partial charge in [0.15, 0.2) is 0 Å². The summed E-state index contributed by atoms with van der Waals surface area (Å²) >= 11 is 1.39. The predicted octanol–water partition coefficient (Wildman–Crippen LogP) is 3.62. The second-order valence-corrected chi connectivity index (χ2v) is 9.21.